The van der Waals surface area contributed by atoms with E-state index in [1.165, 1.54) is 18.4 Å². The topological polar surface area (TPSA) is 101 Å². The van der Waals surface area contributed by atoms with Gasteiger partial charge >= 0.3 is 6.01 Å². The van der Waals surface area contributed by atoms with Crippen LogP contribution >= 0.6 is 0 Å². The van der Waals surface area contributed by atoms with Crippen molar-refractivity contribution < 1.29 is 4.42 Å². The summed E-state index contributed by atoms with van der Waals surface area (Å²) in [5, 5.41) is 13.7. The van der Waals surface area contributed by atoms with Crippen LogP contribution in [0, 0.1) is 6.92 Å². The number of nitrogens with zero attached hydrogens (tertiary/aromatic N) is 7. The van der Waals surface area contributed by atoms with E-state index >= 15 is 0 Å². The van der Waals surface area contributed by atoms with Gasteiger partial charge in [0.15, 0.2) is 0 Å². The second-order valence-corrected chi connectivity index (χ2v) is 8.78. The van der Waals surface area contributed by atoms with Crippen molar-refractivity contribution in [3.8, 4) is 11.5 Å². The molecule has 1 atom stereocenters. The third kappa shape index (κ3) is 2.95. The molecular weight excluding hydrogens is 416 g/mol. The predicted octanol–water partition coefficient (Wildman–Crippen LogP) is 3.84. The summed E-state index contributed by atoms with van der Waals surface area (Å²) < 4.78 is 8.16. The first kappa shape index (κ1) is 18.6. The second-order valence-electron chi connectivity index (χ2n) is 8.78. The summed E-state index contributed by atoms with van der Waals surface area (Å²) in [6, 6.07) is 10.6. The average Bonchev–Trinajstić information content (AvgIpc) is 3.22. The van der Waals surface area contributed by atoms with Gasteiger partial charge in [-0.25, -0.2) is 9.50 Å². The van der Waals surface area contributed by atoms with Gasteiger partial charge in [-0.15, -0.1) is 5.10 Å². The number of hydrogen-bond donors (Lipinski definition) is 1. The molecule has 0 saturated heterocycles. The standard InChI is InChI=1S/C24H22N8O/c1-14-16(4-2-9-25-14)23-28-29-24(33-23)31-11-8-18-21(27-13-26-18)22(31)19-12-20-17(15-6-7-15)5-3-10-32(20)30-19/h2-5,9-10,12-13,15,22H,6-8,11H2,1H3,(H,26,27). The Labute approximate surface area is 189 Å². The highest BCUT2D eigenvalue weighted by Crippen LogP contribution is 2.43. The molecule has 2 aliphatic rings. The summed E-state index contributed by atoms with van der Waals surface area (Å²) in [5.41, 5.74) is 7.22. The molecule has 164 valence electrons. The van der Waals surface area contributed by atoms with E-state index in [4.69, 9.17) is 9.52 Å². The predicted molar refractivity (Wildman–Crippen MR) is 121 cm³/mol. The lowest BCUT2D eigenvalue weighted by atomic mass is 10.00. The van der Waals surface area contributed by atoms with Crippen LogP contribution in [0.25, 0.3) is 17.0 Å². The van der Waals surface area contributed by atoms with Crippen LogP contribution in [0.3, 0.4) is 0 Å². The highest BCUT2D eigenvalue weighted by molar-refractivity contribution is 5.60. The number of fused-ring (bicyclic) bond motifs is 2. The van der Waals surface area contributed by atoms with Gasteiger partial charge in [0.2, 0.25) is 0 Å². The van der Waals surface area contributed by atoms with Gasteiger partial charge in [-0.1, -0.05) is 11.2 Å². The van der Waals surface area contributed by atoms with E-state index in [2.05, 4.69) is 48.2 Å². The van der Waals surface area contributed by atoms with Crippen LogP contribution in [0.2, 0.25) is 0 Å². The van der Waals surface area contributed by atoms with Crippen molar-refractivity contribution in [1.29, 1.82) is 0 Å². The molecule has 1 saturated carbocycles. The maximum absolute atomic E-state index is 6.17. The van der Waals surface area contributed by atoms with Crippen molar-refractivity contribution in [2.45, 2.75) is 38.1 Å². The second kappa shape index (κ2) is 6.99. The number of rotatable bonds is 4. The van der Waals surface area contributed by atoms with Crippen LogP contribution in [-0.4, -0.2) is 41.3 Å². The monoisotopic (exact) mass is 438 g/mol. The Hall–Kier alpha value is -4.01. The maximum Gasteiger partial charge on any atom is 0.319 e. The summed E-state index contributed by atoms with van der Waals surface area (Å²) >= 11 is 0. The van der Waals surface area contributed by atoms with Crippen LogP contribution in [0.5, 0.6) is 0 Å². The van der Waals surface area contributed by atoms with Crippen LogP contribution in [0.15, 0.2) is 53.5 Å². The Kier molecular flexibility index (Phi) is 3.93. The number of aromatic amines is 1. The molecule has 9 nitrogen and oxygen atoms in total. The summed E-state index contributed by atoms with van der Waals surface area (Å²) in [6.45, 7) is 2.66. The summed E-state index contributed by atoms with van der Waals surface area (Å²) in [5.74, 6) is 1.11. The lowest BCUT2D eigenvalue weighted by Crippen LogP contribution is -2.36. The first-order chi connectivity index (χ1) is 16.3. The zero-order chi connectivity index (χ0) is 21.9. The van der Waals surface area contributed by atoms with E-state index in [0.29, 0.717) is 17.8 Å². The molecule has 0 radical (unpaired) electrons. The van der Waals surface area contributed by atoms with Gasteiger partial charge in [-0.3, -0.25) is 4.98 Å². The van der Waals surface area contributed by atoms with Gasteiger partial charge in [-0.05, 0) is 55.5 Å². The zero-order valence-corrected chi connectivity index (χ0v) is 18.1. The van der Waals surface area contributed by atoms with E-state index in [1.807, 2.05) is 29.8 Å². The van der Waals surface area contributed by atoms with E-state index in [9.17, 15) is 0 Å². The Morgan fingerprint density at radius 1 is 1.12 bits per heavy atom. The van der Waals surface area contributed by atoms with Crippen LogP contribution in [0.1, 0.15) is 53.1 Å². The van der Waals surface area contributed by atoms with Gasteiger partial charge in [0.05, 0.1) is 28.8 Å². The van der Waals surface area contributed by atoms with Gasteiger partial charge in [0, 0.05) is 36.7 Å². The molecule has 1 unspecified atom stereocenters. The molecule has 1 aliphatic heterocycles. The number of aromatic nitrogens is 7. The van der Waals surface area contributed by atoms with Gasteiger partial charge in [0.25, 0.3) is 5.89 Å². The Balaban J connectivity index is 1.34. The Morgan fingerprint density at radius 2 is 2.06 bits per heavy atom. The smallest absolute Gasteiger partial charge is 0.319 e. The van der Waals surface area contributed by atoms with Crippen LogP contribution < -0.4 is 4.90 Å². The number of imidazole rings is 1. The number of pyridine rings is 2. The van der Waals surface area contributed by atoms with Crippen molar-refractivity contribution in [2.24, 2.45) is 0 Å². The lowest BCUT2D eigenvalue weighted by molar-refractivity contribution is 0.503. The lowest BCUT2D eigenvalue weighted by Gasteiger charge is -2.32. The quantitative estimate of drug-likeness (QED) is 0.455. The number of nitrogens with one attached hydrogen (secondary N) is 1. The fourth-order valence-electron chi connectivity index (χ4n) is 4.86. The fourth-order valence-corrected chi connectivity index (χ4v) is 4.86. The van der Waals surface area contributed by atoms with E-state index in [1.54, 1.807) is 12.5 Å². The molecule has 1 N–H and O–H groups in total. The van der Waals surface area contributed by atoms with E-state index in [0.717, 1.165) is 46.8 Å². The van der Waals surface area contributed by atoms with Crippen molar-refractivity contribution in [1.82, 2.24) is 34.8 Å². The maximum atomic E-state index is 6.17. The number of hydrogen-bond acceptors (Lipinski definition) is 7. The molecule has 5 aromatic rings. The minimum absolute atomic E-state index is 0.213. The van der Waals surface area contributed by atoms with E-state index < -0.39 is 0 Å². The van der Waals surface area contributed by atoms with Gasteiger partial charge < -0.3 is 14.3 Å². The van der Waals surface area contributed by atoms with Gasteiger partial charge in [-0.2, -0.15) is 5.10 Å². The molecule has 0 aromatic carbocycles. The van der Waals surface area contributed by atoms with Crippen molar-refractivity contribution in [2.75, 3.05) is 11.4 Å². The summed E-state index contributed by atoms with van der Waals surface area (Å²) in [4.78, 5) is 14.4. The SMILES string of the molecule is Cc1ncccc1-c1nnc(N2CCc3[nH]cnc3C2c2cc3c(C4CC4)cccn3n2)o1. The number of H-pyrrole nitrogens is 1. The third-order valence-electron chi connectivity index (χ3n) is 6.67. The third-order valence-corrected chi connectivity index (χ3v) is 6.67. The Morgan fingerprint density at radius 3 is 2.94 bits per heavy atom. The molecule has 7 rings (SSSR count). The van der Waals surface area contributed by atoms with E-state index in [-0.39, 0.29) is 6.04 Å². The van der Waals surface area contributed by atoms with Crippen molar-refractivity contribution in [3.63, 3.8) is 0 Å². The molecule has 9 heteroatoms. The van der Waals surface area contributed by atoms with Crippen molar-refractivity contribution >= 4 is 11.5 Å². The first-order valence-electron chi connectivity index (χ1n) is 11.3. The summed E-state index contributed by atoms with van der Waals surface area (Å²) in [7, 11) is 0. The minimum Gasteiger partial charge on any atom is -0.403 e. The minimum atomic E-state index is -0.213. The molecular formula is C24H22N8O. The summed E-state index contributed by atoms with van der Waals surface area (Å²) in [6.07, 6.45) is 8.84. The molecule has 0 amide bonds. The average molecular weight is 438 g/mol. The van der Waals surface area contributed by atoms with Crippen LogP contribution in [-0.2, 0) is 6.42 Å². The normalized spacial score (nSPS) is 18.1. The zero-order valence-electron chi connectivity index (χ0n) is 18.1. The van der Waals surface area contributed by atoms with Gasteiger partial charge in [0.1, 0.15) is 6.04 Å². The molecule has 0 bridgehead atoms. The van der Waals surface area contributed by atoms with Crippen LogP contribution in [0.4, 0.5) is 6.01 Å². The molecule has 33 heavy (non-hydrogen) atoms. The molecule has 1 aliphatic carbocycles. The van der Waals surface area contributed by atoms with Crippen molar-refractivity contribution in [3.05, 3.63) is 77.4 Å². The molecule has 5 aromatic heterocycles. The largest absolute Gasteiger partial charge is 0.403 e. The number of anilines is 1. The molecule has 1 fully saturated rings. The highest BCUT2D eigenvalue weighted by Gasteiger charge is 2.36. The highest BCUT2D eigenvalue weighted by atomic mass is 16.4. The molecule has 0 spiro atoms. The number of aryl methyl sites for hydroxylation is 1. The fraction of sp³-hybridized carbons (Fsp3) is 0.292. The molecule has 6 heterocycles. The first-order valence-corrected chi connectivity index (χ1v) is 11.3. The Bertz CT molecular complexity index is 1480.